The van der Waals surface area contributed by atoms with E-state index in [9.17, 15) is 4.91 Å². The third-order valence-electron chi connectivity index (χ3n) is 4.67. The Morgan fingerprint density at radius 3 is 2.79 bits per heavy atom. The molecule has 0 N–H and O–H groups in total. The fourth-order valence-corrected chi connectivity index (χ4v) is 3.39. The first-order chi connectivity index (χ1) is 11.8. The Balaban J connectivity index is 1.83. The van der Waals surface area contributed by atoms with Gasteiger partial charge in [-0.2, -0.15) is 10.0 Å². The molecule has 2 heterocycles. The first kappa shape index (κ1) is 14.8. The van der Waals surface area contributed by atoms with Crippen molar-refractivity contribution in [1.29, 1.82) is 0 Å². The first-order valence-electron chi connectivity index (χ1n) is 8.23. The monoisotopic (exact) mass is 318 g/mol. The molecule has 1 aliphatic carbocycles. The maximum absolute atomic E-state index is 10.9. The van der Waals surface area contributed by atoms with E-state index < -0.39 is 0 Å². The van der Waals surface area contributed by atoms with Gasteiger partial charge in [0.15, 0.2) is 0 Å². The second-order valence-corrected chi connectivity index (χ2v) is 6.06. The van der Waals surface area contributed by atoms with Crippen LogP contribution in [0, 0.1) is 4.91 Å². The van der Waals surface area contributed by atoms with Crippen LogP contribution in [-0.2, 0) is 13.0 Å². The number of hydrogen-bond donors (Lipinski definition) is 0. The topological polar surface area (TPSA) is 60.1 Å². The number of fused-ring (bicyclic) bond motifs is 1. The SMILES string of the molecule is CCn1cc(-c2ccc3c(c2)CCC3N=O)c(-c2ccncc2)n1. The molecular formula is C19H18N4O. The van der Waals surface area contributed by atoms with Gasteiger partial charge in [0.25, 0.3) is 0 Å². The predicted molar refractivity (Wildman–Crippen MR) is 93.4 cm³/mol. The third kappa shape index (κ3) is 2.42. The van der Waals surface area contributed by atoms with Gasteiger partial charge in [-0.3, -0.25) is 9.67 Å². The minimum atomic E-state index is -0.188. The molecule has 2 aromatic heterocycles. The van der Waals surface area contributed by atoms with Gasteiger partial charge in [0.05, 0.1) is 0 Å². The standard InChI is InChI=1S/C19H18N4O/c1-2-23-12-17(19(21-23)13-7-9-20-10-8-13)15-3-5-16-14(11-15)4-6-18(16)22-24/h3,5,7-12,18H,2,4,6H2,1H3. The van der Waals surface area contributed by atoms with Crippen molar-refractivity contribution in [2.75, 3.05) is 0 Å². The molecule has 0 aliphatic heterocycles. The van der Waals surface area contributed by atoms with Crippen LogP contribution in [0.25, 0.3) is 22.4 Å². The van der Waals surface area contributed by atoms with Gasteiger partial charge in [0, 0.05) is 36.3 Å². The van der Waals surface area contributed by atoms with Gasteiger partial charge in [0.1, 0.15) is 11.7 Å². The summed E-state index contributed by atoms with van der Waals surface area (Å²) in [5.74, 6) is 0. The van der Waals surface area contributed by atoms with Gasteiger partial charge >= 0.3 is 0 Å². The third-order valence-corrected chi connectivity index (χ3v) is 4.67. The fraction of sp³-hybridized carbons (Fsp3) is 0.263. The van der Waals surface area contributed by atoms with Crippen molar-refractivity contribution in [3.63, 3.8) is 0 Å². The lowest BCUT2D eigenvalue weighted by atomic mass is 9.98. The largest absolute Gasteiger partial charge is 0.272 e. The van der Waals surface area contributed by atoms with Crippen LogP contribution in [0.4, 0.5) is 0 Å². The second-order valence-electron chi connectivity index (χ2n) is 6.06. The second kappa shape index (κ2) is 6.00. The van der Waals surface area contributed by atoms with Crippen molar-refractivity contribution in [2.45, 2.75) is 32.4 Å². The van der Waals surface area contributed by atoms with E-state index in [4.69, 9.17) is 5.10 Å². The molecule has 24 heavy (non-hydrogen) atoms. The molecule has 0 saturated carbocycles. The van der Waals surface area contributed by atoms with Crippen LogP contribution < -0.4 is 0 Å². The van der Waals surface area contributed by atoms with Gasteiger partial charge in [-0.15, -0.1) is 0 Å². The minimum Gasteiger partial charge on any atom is -0.272 e. The van der Waals surface area contributed by atoms with E-state index in [1.807, 2.05) is 22.9 Å². The molecule has 1 aromatic carbocycles. The van der Waals surface area contributed by atoms with Crippen LogP contribution >= 0.6 is 0 Å². The van der Waals surface area contributed by atoms with E-state index in [1.54, 1.807) is 12.4 Å². The molecule has 0 amide bonds. The molecule has 5 heteroatoms. The van der Waals surface area contributed by atoms with Crippen LogP contribution in [0.2, 0.25) is 0 Å². The Hall–Kier alpha value is -2.82. The van der Waals surface area contributed by atoms with Crippen LogP contribution in [0.1, 0.15) is 30.5 Å². The molecule has 3 aromatic rings. The van der Waals surface area contributed by atoms with E-state index in [2.05, 4.69) is 35.4 Å². The molecule has 5 nitrogen and oxygen atoms in total. The molecule has 0 radical (unpaired) electrons. The van der Waals surface area contributed by atoms with Crippen LogP contribution in [-0.4, -0.2) is 14.8 Å². The summed E-state index contributed by atoms with van der Waals surface area (Å²) in [6, 6.07) is 10.1. The molecule has 120 valence electrons. The number of nitroso groups, excluding NO2 is 1. The Bertz CT molecular complexity index is 886. The summed E-state index contributed by atoms with van der Waals surface area (Å²) in [7, 11) is 0. The fourth-order valence-electron chi connectivity index (χ4n) is 3.39. The van der Waals surface area contributed by atoms with Crippen molar-refractivity contribution in [3.05, 3.63) is 65.0 Å². The lowest BCUT2D eigenvalue weighted by molar-refractivity contribution is 0.662. The molecule has 1 aliphatic rings. The van der Waals surface area contributed by atoms with Crippen LogP contribution in [0.5, 0.6) is 0 Å². The van der Waals surface area contributed by atoms with E-state index in [-0.39, 0.29) is 6.04 Å². The zero-order valence-corrected chi connectivity index (χ0v) is 13.5. The number of hydrogen-bond acceptors (Lipinski definition) is 4. The number of benzene rings is 1. The number of rotatable bonds is 4. The van der Waals surface area contributed by atoms with Crippen molar-refractivity contribution in [2.24, 2.45) is 5.18 Å². The molecule has 1 unspecified atom stereocenters. The highest BCUT2D eigenvalue weighted by Gasteiger charge is 2.24. The Morgan fingerprint density at radius 2 is 2.04 bits per heavy atom. The van der Waals surface area contributed by atoms with Gasteiger partial charge in [-0.25, -0.2) is 0 Å². The highest BCUT2D eigenvalue weighted by Crippen LogP contribution is 2.38. The van der Waals surface area contributed by atoms with Gasteiger partial charge in [0.2, 0.25) is 0 Å². The van der Waals surface area contributed by atoms with E-state index in [1.165, 1.54) is 5.56 Å². The highest BCUT2D eigenvalue weighted by molar-refractivity contribution is 5.80. The first-order valence-corrected chi connectivity index (χ1v) is 8.23. The average molecular weight is 318 g/mol. The summed E-state index contributed by atoms with van der Waals surface area (Å²) in [6.45, 7) is 2.90. The van der Waals surface area contributed by atoms with E-state index >= 15 is 0 Å². The number of aryl methyl sites for hydroxylation is 2. The van der Waals surface area contributed by atoms with Gasteiger partial charge in [-0.1, -0.05) is 23.4 Å². The zero-order valence-electron chi connectivity index (χ0n) is 13.5. The zero-order chi connectivity index (χ0) is 16.5. The Morgan fingerprint density at radius 1 is 1.21 bits per heavy atom. The molecule has 0 fully saturated rings. The quantitative estimate of drug-likeness (QED) is 0.670. The predicted octanol–water partition coefficient (Wildman–Crippen LogP) is 4.39. The van der Waals surface area contributed by atoms with Crippen LogP contribution in [0.15, 0.2) is 54.1 Å². The lowest BCUT2D eigenvalue weighted by Gasteiger charge is -2.07. The summed E-state index contributed by atoms with van der Waals surface area (Å²) < 4.78 is 1.95. The van der Waals surface area contributed by atoms with Crippen molar-refractivity contribution in [3.8, 4) is 22.4 Å². The summed E-state index contributed by atoms with van der Waals surface area (Å²) in [5.41, 5.74) is 6.55. The molecular weight excluding hydrogens is 300 g/mol. The van der Waals surface area contributed by atoms with Crippen molar-refractivity contribution < 1.29 is 0 Å². The molecule has 0 saturated heterocycles. The Kier molecular flexibility index (Phi) is 3.69. The normalized spacial score (nSPS) is 16.1. The summed E-state index contributed by atoms with van der Waals surface area (Å²) in [5, 5.41) is 7.96. The minimum absolute atomic E-state index is 0.188. The smallest absolute Gasteiger partial charge is 0.117 e. The Labute approximate surface area is 140 Å². The average Bonchev–Trinajstić information content (AvgIpc) is 3.25. The lowest BCUT2D eigenvalue weighted by Crippen LogP contribution is -1.93. The van der Waals surface area contributed by atoms with Gasteiger partial charge < -0.3 is 0 Å². The van der Waals surface area contributed by atoms with Crippen molar-refractivity contribution >= 4 is 0 Å². The van der Waals surface area contributed by atoms with E-state index in [0.29, 0.717) is 0 Å². The van der Waals surface area contributed by atoms with Gasteiger partial charge in [-0.05, 0) is 48.6 Å². The maximum atomic E-state index is 10.9. The maximum Gasteiger partial charge on any atom is 0.117 e. The number of pyridine rings is 1. The number of nitrogens with zero attached hydrogens (tertiary/aromatic N) is 4. The highest BCUT2D eigenvalue weighted by atomic mass is 16.3. The van der Waals surface area contributed by atoms with E-state index in [0.717, 1.165) is 47.3 Å². The summed E-state index contributed by atoms with van der Waals surface area (Å²) in [4.78, 5) is 15.0. The van der Waals surface area contributed by atoms with Crippen molar-refractivity contribution in [1.82, 2.24) is 14.8 Å². The molecule has 0 bridgehead atoms. The molecule has 1 atom stereocenters. The summed E-state index contributed by atoms with van der Waals surface area (Å²) in [6.07, 6.45) is 7.38. The number of aromatic nitrogens is 3. The molecule has 4 rings (SSSR count). The summed E-state index contributed by atoms with van der Waals surface area (Å²) >= 11 is 0. The molecule has 0 spiro atoms. The van der Waals surface area contributed by atoms with Crippen LogP contribution in [0.3, 0.4) is 0 Å².